The van der Waals surface area contributed by atoms with Crippen LogP contribution in [0, 0.1) is 5.92 Å². The second kappa shape index (κ2) is 4.88. The molecule has 0 aliphatic carbocycles. The molecule has 0 amide bonds. The minimum absolute atomic E-state index is 0.242. The molecule has 1 atom stereocenters. The third-order valence-corrected chi connectivity index (χ3v) is 3.50. The molecule has 1 aromatic carbocycles. The summed E-state index contributed by atoms with van der Waals surface area (Å²) >= 11 is 0. The molecule has 1 aliphatic rings. The van der Waals surface area contributed by atoms with Crippen LogP contribution < -0.4 is 4.90 Å². The Hall–Kier alpha value is -1.02. The maximum absolute atomic E-state index is 9.53. The second-order valence-corrected chi connectivity index (χ2v) is 4.92. The first kappa shape index (κ1) is 11.5. The number of benzene rings is 1. The van der Waals surface area contributed by atoms with E-state index < -0.39 is 0 Å². The number of para-hydroxylation sites is 1. The normalized spacial score (nSPS) is 17.4. The molecule has 0 fully saturated rings. The van der Waals surface area contributed by atoms with E-state index in [1.165, 1.54) is 24.1 Å². The summed E-state index contributed by atoms with van der Waals surface area (Å²) < 4.78 is 0. The Balaban J connectivity index is 2.30. The van der Waals surface area contributed by atoms with E-state index >= 15 is 0 Å². The fraction of sp³-hybridized carbons (Fsp3) is 0.571. The zero-order valence-corrected chi connectivity index (χ0v) is 10.2. The fourth-order valence-electron chi connectivity index (χ4n) is 2.58. The van der Waals surface area contributed by atoms with Gasteiger partial charge < -0.3 is 10.0 Å². The Morgan fingerprint density at radius 2 is 2.06 bits per heavy atom. The highest BCUT2D eigenvalue weighted by atomic mass is 16.3. The maximum Gasteiger partial charge on any atom is 0.0637 e. The summed E-state index contributed by atoms with van der Waals surface area (Å²) in [6.45, 7) is 5.67. The number of aryl methyl sites for hydroxylation is 1. The summed E-state index contributed by atoms with van der Waals surface area (Å²) in [6.07, 6.45) is 2.36. The van der Waals surface area contributed by atoms with E-state index in [-0.39, 0.29) is 12.6 Å². The number of fused-ring (bicyclic) bond motifs is 1. The van der Waals surface area contributed by atoms with Crippen LogP contribution in [0.15, 0.2) is 24.3 Å². The Morgan fingerprint density at radius 1 is 1.31 bits per heavy atom. The van der Waals surface area contributed by atoms with Crippen molar-refractivity contribution >= 4 is 5.69 Å². The van der Waals surface area contributed by atoms with Crippen molar-refractivity contribution in [1.29, 1.82) is 0 Å². The van der Waals surface area contributed by atoms with Gasteiger partial charge in [0.15, 0.2) is 0 Å². The van der Waals surface area contributed by atoms with Crippen LogP contribution in [0.1, 0.15) is 25.8 Å². The maximum atomic E-state index is 9.53. The molecule has 2 rings (SSSR count). The van der Waals surface area contributed by atoms with Crippen LogP contribution in [-0.2, 0) is 6.42 Å². The van der Waals surface area contributed by atoms with Crippen molar-refractivity contribution in [3.63, 3.8) is 0 Å². The lowest BCUT2D eigenvalue weighted by Gasteiger charge is -2.39. The molecule has 0 spiro atoms. The molecule has 0 bridgehead atoms. The zero-order chi connectivity index (χ0) is 11.5. The van der Waals surface area contributed by atoms with Gasteiger partial charge in [0.1, 0.15) is 0 Å². The predicted octanol–water partition coefficient (Wildman–Crippen LogP) is 2.46. The Kier molecular flexibility index (Phi) is 3.49. The van der Waals surface area contributed by atoms with Gasteiger partial charge in [0.05, 0.1) is 12.6 Å². The van der Waals surface area contributed by atoms with Gasteiger partial charge in [-0.25, -0.2) is 0 Å². The molecule has 2 heteroatoms. The summed E-state index contributed by atoms with van der Waals surface area (Å²) in [5.41, 5.74) is 2.74. The van der Waals surface area contributed by atoms with Crippen LogP contribution in [0.5, 0.6) is 0 Å². The van der Waals surface area contributed by atoms with Gasteiger partial charge in [0.2, 0.25) is 0 Å². The molecule has 0 aromatic heterocycles. The molecule has 1 aromatic rings. The molecule has 0 saturated heterocycles. The largest absolute Gasteiger partial charge is 0.394 e. The van der Waals surface area contributed by atoms with Crippen molar-refractivity contribution < 1.29 is 5.11 Å². The average Bonchev–Trinajstić information content (AvgIpc) is 2.30. The van der Waals surface area contributed by atoms with Gasteiger partial charge in [0, 0.05) is 12.2 Å². The van der Waals surface area contributed by atoms with Crippen LogP contribution in [-0.4, -0.2) is 24.3 Å². The van der Waals surface area contributed by atoms with Crippen molar-refractivity contribution in [3.05, 3.63) is 29.8 Å². The van der Waals surface area contributed by atoms with Gasteiger partial charge in [-0.05, 0) is 30.4 Å². The molecule has 1 heterocycles. The van der Waals surface area contributed by atoms with Gasteiger partial charge in [-0.1, -0.05) is 32.0 Å². The standard InChI is InChI=1S/C14H21NO/c1-11(2)14(10-16)15-9-5-7-12-6-3-4-8-13(12)15/h3-4,6,8,11,14,16H,5,7,9-10H2,1-2H3. The van der Waals surface area contributed by atoms with Crippen LogP contribution in [0.3, 0.4) is 0 Å². The molecule has 1 N–H and O–H groups in total. The minimum atomic E-state index is 0.242. The Morgan fingerprint density at radius 3 is 2.75 bits per heavy atom. The quantitative estimate of drug-likeness (QED) is 0.844. The third-order valence-electron chi connectivity index (χ3n) is 3.50. The smallest absolute Gasteiger partial charge is 0.0637 e. The van der Waals surface area contributed by atoms with E-state index in [2.05, 4.69) is 43.0 Å². The summed E-state index contributed by atoms with van der Waals surface area (Å²) in [5, 5.41) is 9.53. The van der Waals surface area contributed by atoms with E-state index in [0.29, 0.717) is 5.92 Å². The molecule has 2 nitrogen and oxygen atoms in total. The van der Waals surface area contributed by atoms with Crippen molar-refractivity contribution in [2.75, 3.05) is 18.1 Å². The van der Waals surface area contributed by atoms with E-state index in [9.17, 15) is 5.11 Å². The molecule has 88 valence electrons. The fourth-order valence-corrected chi connectivity index (χ4v) is 2.58. The number of rotatable bonds is 3. The molecular weight excluding hydrogens is 198 g/mol. The van der Waals surface area contributed by atoms with Crippen molar-refractivity contribution in [1.82, 2.24) is 0 Å². The first-order chi connectivity index (χ1) is 7.74. The van der Waals surface area contributed by atoms with Gasteiger partial charge in [-0.15, -0.1) is 0 Å². The highest BCUT2D eigenvalue weighted by molar-refractivity contribution is 5.56. The first-order valence-corrected chi connectivity index (χ1v) is 6.19. The van der Waals surface area contributed by atoms with E-state index in [1.54, 1.807) is 0 Å². The topological polar surface area (TPSA) is 23.5 Å². The molecule has 1 aliphatic heterocycles. The predicted molar refractivity (Wildman–Crippen MR) is 67.8 cm³/mol. The van der Waals surface area contributed by atoms with Gasteiger partial charge in [-0.3, -0.25) is 0 Å². The molecule has 1 unspecified atom stereocenters. The van der Waals surface area contributed by atoms with Crippen LogP contribution in [0.4, 0.5) is 5.69 Å². The number of aliphatic hydroxyl groups excluding tert-OH is 1. The van der Waals surface area contributed by atoms with Crippen molar-refractivity contribution in [2.24, 2.45) is 5.92 Å². The zero-order valence-electron chi connectivity index (χ0n) is 10.2. The lowest BCUT2D eigenvalue weighted by atomic mass is 9.96. The van der Waals surface area contributed by atoms with Crippen molar-refractivity contribution in [2.45, 2.75) is 32.7 Å². The molecule has 16 heavy (non-hydrogen) atoms. The Bertz CT molecular complexity index is 348. The summed E-state index contributed by atoms with van der Waals surface area (Å²) in [6, 6.07) is 8.83. The Labute approximate surface area is 97.9 Å². The minimum Gasteiger partial charge on any atom is -0.394 e. The molecular formula is C14H21NO. The molecule has 0 radical (unpaired) electrons. The first-order valence-electron chi connectivity index (χ1n) is 6.19. The van der Waals surface area contributed by atoms with Crippen molar-refractivity contribution in [3.8, 4) is 0 Å². The van der Waals surface area contributed by atoms with Crippen LogP contribution >= 0.6 is 0 Å². The number of aliphatic hydroxyl groups is 1. The average molecular weight is 219 g/mol. The van der Waals surface area contributed by atoms with Gasteiger partial charge in [0.25, 0.3) is 0 Å². The second-order valence-electron chi connectivity index (χ2n) is 4.92. The summed E-state index contributed by atoms with van der Waals surface area (Å²) in [4.78, 5) is 2.38. The highest BCUT2D eigenvalue weighted by Crippen LogP contribution is 2.30. The lowest BCUT2D eigenvalue weighted by molar-refractivity contribution is 0.228. The highest BCUT2D eigenvalue weighted by Gasteiger charge is 2.25. The van der Waals surface area contributed by atoms with E-state index in [4.69, 9.17) is 0 Å². The van der Waals surface area contributed by atoms with Gasteiger partial charge >= 0.3 is 0 Å². The number of hydrogen-bond donors (Lipinski definition) is 1. The SMILES string of the molecule is CC(C)C(CO)N1CCCc2ccccc21. The lowest BCUT2D eigenvalue weighted by Crippen LogP contribution is -2.44. The number of hydrogen-bond acceptors (Lipinski definition) is 2. The third kappa shape index (κ3) is 2.07. The van der Waals surface area contributed by atoms with Crippen LogP contribution in [0.2, 0.25) is 0 Å². The monoisotopic (exact) mass is 219 g/mol. The van der Waals surface area contributed by atoms with Gasteiger partial charge in [-0.2, -0.15) is 0 Å². The summed E-state index contributed by atoms with van der Waals surface area (Å²) in [7, 11) is 0. The van der Waals surface area contributed by atoms with E-state index in [1.807, 2.05) is 0 Å². The number of nitrogens with zero attached hydrogens (tertiary/aromatic N) is 1. The van der Waals surface area contributed by atoms with E-state index in [0.717, 1.165) is 6.54 Å². The van der Waals surface area contributed by atoms with Crippen LogP contribution in [0.25, 0.3) is 0 Å². The number of anilines is 1. The summed E-state index contributed by atoms with van der Waals surface area (Å²) in [5.74, 6) is 0.483. The molecule has 0 saturated carbocycles.